The van der Waals surface area contributed by atoms with E-state index in [1.165, 1.54) is 11.3 Å². The Morgan fingerprint density at radius 1 is 1.83 bits per heavy atom. The van der Waals surface area contributed by atoms with Crippen molar-refractivity contribution < 1.29 is 4.79 Å². The predicted octanol–water partition coefficient (Wildman–Crippen LogP) is 0.673. The van der Waals surface area contributed by atoms with Crippen molar-refractivity contribution in [3.63, 3.8) is 0 Å². The van der Waals surface area contributed by atoms with E-state index in [1.807, 2.05) is 0 Å². The molecule has 0 saturated carbocycles. The summed E-state index contributed by atoms with van der Waals surface area (Å²) in [4.78, 5) is 15.6. The molecule has 12 heavy (non-hydrogen) atoms. The molecule has 0 saturated heterocycles. The zero-order valence-electron chi connectivity index (χ0n) is 6.28. The quantitative estimate of drug-likeness (QED) is 0.745. The highest BCUT2D eigenvalue weighted by Gasteiger charge is 1.99. The van der Waals surface area contributed by atoms with Crippen molar-refractivity contribution in [3.05, 3.63) is 16.6 Å². The molecule has 0 fully saturated rings. The molecular weight excluding hydrogens is 174 g/mol. The van der Waals surface area contributed by atoms with E-state index in [4.69, 9.17) is 5.26 Å². The molecule has 0 aromatic carbocycles. The van der Waals surface area contributed by atoms with Crippen LogP contribution >= 0.6 is 11.3 Å². The predicted molar refractivity (Wildman–Crippen MR) is 44.2 cm³/mol. The number of amides is 1. The van der Waals surface area contributed by atoms with Crippen LogP contribution in [0.15, 0.2) is 11.7 Å². The van der Waals surface area contributed by atoms with Crippen LogP contribution in [0.2, 0.25) is 0 Å². The molecule has 0 atom stereocenters. The summed E-state index contributed by atoms with van der Waals surface area (Å²) in [6.45, 7) is 0.463. The first-order valence-electron chi connectivity index (χ1n) is 3.34. The maximum atomic E-state index is 10.8. The van der Waals surface area contributed by atoms with Crippen LogP contribution in [0, 0.1) is 11.3 Å². The first kappa shape index (κ1) is 8.68. The zero-order chi connectivity index (χ0) is 8.81. The van der Waals surface area contributed by atoms with Gasteiger partial charge < -0.3 is 5.32 Å². The molecule has 0 radical (unpaired) electrons. The molecule has 1 aromatic heterocycles. The smallest absolute Gasteiger partial charge is 0.234 e. The molecule has 0 spiro atoms. The third kappa shape index (κ3) is 2.68. The van der Waals surface area contributed by atoms with E-state index >= 15 is 0 Å². The van der Waals surface area contributed by atoms with Gasteiger partial charge in [-0.2, -0.15) is 5.26 Å². The summed E-state index contributed by atoms with van der Waals surface area (Å²) < 4.78 is 0. The maximum absolute atomic E-state index is 10.8. The summed E-state index contributed by atoms with van der Waals surface area (Å²) in [6, 6.07) is 1.77. The van der Waals surface area contributed by atoms with Gasteiger partial charge in [-0.25, -0.2) is 0 Å². The molecule has 0 aliphatic heterocycles. The van der Waals surface area contributed by atoms with Gasteiger partial charge in [-0.15, -0.1) is 11.3 Å². The second-order valence-corrected chi connectivity index (χ2v) is 3.05. The Balaban J connectivity index is 2.28. The standard InChI is InChI=1S/C7H7N3OS/c8-2-1-7(11)10-4-6-3-9-5-12-6/h3,5H,1,4H2,(H,10,11). The third-order valence-electron chi connectivity index (χ3n) is 1.18. The minimum Gasteiger partial charge on any atom is -0.350 e. The topological polar surface area (TPSA) is 65.8 Å². The third-order valence-corrected chi connectivity index (χ3v) is 1.96. The summed E-state index contributed by atoms with van der Waals surface area (Å²) in [5, 5.41) is 10.8. The minimum atomic E-state index is -0.245. The van der Waals surface area contributed by atoms with Crippen LogP contribution < -0.4 is 5.32 Å². The van der Waals surface area contributed by atoms with E-state index in [-0.39, 0.29) is 12.3 Å². The van der Waals surface area contributed by atoms with Crippen molar-refractivity contribution >= 4 is 17.2 Å². The van der Waals surface area contributed by atoms with Crippen LogP contribution in [0.25, 0.3) is 0 Å². The highest BCUT2D eigenvalue weighted by Crippen LogP contribution is 2.03. The molecular formula is C7H7N3OS. The van der Waals surface area contributed by atoms with E-state index in [9.17, 15) is 4.79 Å². The van der Waals surface area contributed by atoms with Crippen molar-refractivity contribution in [2.24, 2.45) is 0 Å². The van der Waals surface area contributed by atoms with Gasteiger partial charge in [0.25, 0.3) is 0 Å². The minimum absolute atomic E-state index is 0.0845. The fraction of sp³-hybridized carbons (Fsp3) is 0.286. The number of carbonyl (C=O) groups is 1. The number of nitrogens with zero attached hydrogens (tertiary/aromatic N) is 2. The van der Waals surface area contributed by atoms with E-state index in [1.54, 1.807) is 17.8 Å². The Morgan fingerprint density at radius 2 is 2.67 bits per heavy atom. The van der Waals surface area contributed by atoms with Gasteiger partial charge in [-0.3, -0.25) is 9.78 Å². The molecule has 0 aliphatic rings. The number of hydrogen-bond acceptors (Lipinski definition) is 4. The number of aromatic nitrogens is 1. The number of hydrogen-bond donors (Lipinski definition) is 1. The van der Waals surface area contributed by atoms with Crippen LogP contribution in [-0.4, -0.2) is 10.9 Å². The molecule has 0 unspecified atom stereocenters. The van der Waals surface area contributed by atoms with Crippen LogP contribution in [0.4, 0.5) is 0 Å². The molecule has 0 bridgehead atoms. The fourth-order valence-corrected chi connectivity index (χ4v) is 1.18. The normalized spacial score (nSPS) is 8.92. The second-order valence-electron chi connectivity index (χ2n) is 2.08. The number of nitriles is 1. The highest BCUT2D eigenvalue weighted by atomic mass is 32.1. The lowest BCUT2D eigenvalue weighted by Gasteiger charge is -1.97. The Hall–Kier alpha value is -1.41. The molecule has 5 heteroatoms. The summed E-state index contributed by atoms with van der Waals surface area (Å²) in [5.74, 6) is -0.245. The van der Waals surface area contributed by atoms with Gasteiger partial charge in [0.15, 0.2) is 0 Å². The van der Waals surface area contributed by atoms with Crippen LogP contribution in [0.5, 0.6) is 0 Å². The largest absolute Gasteiger partial charge is 0.350 e. The molecule has 1 aromatic rings. The van der Waals surface area contributed by atoms with Crippen molar-refractivity contribution in [3.8, 4) is 6.07 Å². The van der Waals surface area contributed by atoms with Crippen molar-refractivity contribution in [2.45, 2.75) is 13.0 Å². The monoisotopic (exact) mass is 181 g/mol. The lowest BCUT2D eigenvalue weighted by Crippen LogP contribution is -2.21. The van der Waals surface area contributed by atoms with E-state index in [0.717, 1.165) is 4.88 Å². The molecule has 1 heterocycles. The van der Waals surface area contributed by atoms with Gasteiger partial charge >= 0.3 is 0 Å². The first-order chi connectivity index (χ1) is 5.83. The van der Waals surface area contributed by atoms with Gasteiger partial charge in [-0.1, -0.05) is 0 Å². The molecule has 62 valence electrons. The average molecular weight is 181 g/mol. The van der Waals surface area contributed by atoms with Gasteiger partial charge in [0, 0.05) is 11.1 Å². The van der Waals surface area contributed by atoms with Gasteiger partial charge in [0.1, 0.15) is 6.42 Å². The van der Waals surface area contributed by atoms with Crippen LogP contribution in [0.1, 0.15) is 11.3 Å². The van der Waals surface area contributed by atoms with Crippen molar-refractivity contribution in [1.29, 1.82) is 5.26 Å². The number of carbonyl (C=O) groups excluding carboxylic acids is 1. The van der Waals surface area contributed by atoms with Crippen molar-refractivity contribution in [2.75, 3.05) is 0 Å². The number of thiazole rings is 1. The van der Waals surface area contributed by atoms with Crippen LogP contribution in [0.3, 0.4) is 0 Å². The molecule has 4 nitrogen and oxygen atoms in total. The Morgan fingerprint density at radius 3 is 3.25 bits per heavy atom. The molecule has 1 amide bonds. The zero-order valence-corrected chi connectivity index (χ0v) is 7.10. The molecule has 0 aliphatic carbocycles. The van der Waals surface area contributed by atoms with Gasteiger partial charge in [0.2, 0.25) is 5.91 Å². The van der Waals surface area contributed by atoms with E-state index in [2.05, 4.69) is 10.3 Å². The highest BCUT2D eigenvalue weighted by molar-refractivity contribution is 7.09. The molecule has 1 N–H and O–H groups in total. The SMILES string of the molecule is N#CCC(=O)NCc1cncs1. The summed E-state index contributed by atoms with van der Waals surface area (Å²) in [7, 11) is 0. The summed E-state index contributed by atoms with van der Waals surface area (Å²) >= 11 is 1.47. The Kier molecular flexibility index (Phi) is 3.23. The van der Waals surface area contributed by atoms with E-state index < -0.39 is 0 Å². The van der Waals surface area contributed by atoms with Gasteiger partial charge in [0.05, 0.1) is 18.1 Å². The first-order valence-corrected chi connectivity index (χ1v) is 4.22. The fourth-order valence-electron chi connectivity index (χ4n) is 0.649. The summed E-state index contributed by atoms with van der Waals surface area (Å²) in [5.41, 5.74) is 1.70. The Bertz CT molecular complexity index is 288. The maximum Gasteiger partial charge on any atom is 0.234 e. The van der Waals surface area contributed by atoms with Gasteiger partial charge in [-0.05, 0) is 0 Å². The summed E-state index contributed by atoms with van der Waals surface area (Å²) in [6.07, 6.45) is 1.61. The Labute approximate surface area is 73.9 Å². The number of rotatable bonds is 3. The lowest BCUT2D eigenvalue weighted by molar-refractivity contribution is -0.120. The molecule has 1 rings (SSSR count). The average Bonchev–Trinajstić information content (AvgIpc) is 2.53. The second kappa shape index (κ2) is 4.46. The number of nitrogens with one attached hydrogen (secondary N) is 1. The lowest BCUT2D eigenvalue weighted by atomic mass is 10.4. The van der Waals surface area contributed by atoms with Crippen LogP contribution in [-0.2, 0) is 11.3 Å². The van der Waals surface area contributed by atoms with Crippen molar-refractivity contribution in [1.82, 2.24) is 10.3 Å². The van der Waals surface area contributed by atoms with E-state index in [0.29, 0.717) is 6.54 Å².